The van der Waals surface area contributed by atoms with E-state index in [0.717, 1.165) is 10.8 Å². The van der Waals surface area contributed by atoms with Crippen molar-refractivity contribution in [3.05, 3.63) is 40.9 Å². The van der Waals surface area contributed by atoms with E-state index < -0.39 is 0 Å². The fraction of sp³-hybridized carbons (Fsp3) is 0.250. The highest BCUT2D eigenvalue weighted by atomic mass is 32.2. The lowest BCUT2D eigenvalue weighted by molar-refractivity contribution is 0.941. The van der Waals surface area contributed by atoms with Crippen LogP contribution in [-0.2, 0) is 6.42 Å². The summed E-state index contributed by atoms with van der Waals surface area (Å²) in [5.41, 5.74) is 8.24. The predicted molar refractivity (Wildman–Crippen MR) is 70.2 cm³/mol. The van der Waals surface area contributed by atoms with Crippen molar-refractivity contribution >= 4 is 23.1 Å². The molecule has 16 heavy (non-hydrogen) atoms. The zero-order chi connectivity index (χ0) is 11.4. The van der Waals surface area contributed by atoms with E-state index in [4.69, 9.17) is 5.73 Å². The molecule has 2 aromatic rings. The van der Waals surface area contributed by atoms with Crippen molar-refractivity contribution < 1.29 is 0 Å². The number of nitrogens with two attached hydrogens (primary N) is 1. The molecule has 1 aromatic carbocycles. The van der Waals surface area contributed by atoms with Gasteiger partial charge in [0.05, 0.1) is 0 Å². The SMILES string of the molecule is Cc1ccc(Sc2nccs2)c(CCN)c1. The molecule has 0 amide bonds. The Morgan fingerprint density at radius 2 is 2.31 bits per heavy atom. The van der Waals surface area contributed by atoms with Crippen molar-refractivity contribution in [3.8, 4) is 0 Å². The Balaban J connectivity index is 2.25. The van der Waals surface area contributed by atoms with Gasteiger partial charge in [0, 0.05) is 16.5 Å². The van der Waals surface area contributed by atoms with Crippen molar-refractivity contribution in [2.24, 2.45) is 5.73 Å². The van der Waals surface area contributed by atoms with Crippen LogP contribution in [0.15, 0.2) is 39.0 Å². The van der Waals surface area contributed by atoms with Gasteiger partial charge in [-0.25, -0.2) is 4.98 Å². The molecule has 4 heteroatoms. The van der Waals surface area contributed by atoms with Gasteiger partial charge < -0.3 is 5.73 Å². The highest BCUT2D eigenvalue weighted by Gasteiger charge is 2.05. The highest BCUT2D eigenvalue weighted by molar-refractivity contribution is 8.01. The number of aryl methyl sites for hydroxylation is 1. The minimum Gasteiger partial charge on any atom is -0.330 e. The lowest BCUT2D eigenvalue weighted by atomic mass is 10.1. The summed E-state index contributed by atoms with van der Waals surface area (Å²) < 4.78 is 1.09. The Morgan fingerprint density at radius 1 is 1.44 bits per heavy atom. The van der Waals surface area contributed by atoms with Gasteiger partial charge in [-0.15, -0.1) is 11.3 Å². The first-order valence-electron chi connectivity index (χ1n) is 5.16. The normalized spacial score (nSPS) is 10.6. The summed E-state index contributed by atoms with van der Waals surface area (Å²) in [5, 5.41) is 2.00. The number of hydrogen-bond acceptors (Lipinski definition) is 4. The predicted octanol–water partition coefficient (Wildman–Crippen LogP) is 3.10. The first-order valence-corrected chi connectivity index (χ1v) is 6.86. The van der Waals surface area contributed by atoms with Crippen LogP contribution in [0.2, 0.25) is 0 Å². The fourth-order valence-electron chi connectivity index (χ4n) is 1.51. The number of aromatic nitrogens is 1. The van der Waals surface area contributed by atoms with Crippen molar-refractivity contribution in [2.75, 3.05) is 6.54 Å². The van der Waals surface area contributed by atoms with Gasteiger partial charge in [-0.1, -0.05) is 29.5 Å². The zero-order valence-electron chi connectivity index (χ0n) is 9.14. The number of hydrogen-bond donors (Lipinski definition) is 1. The monoisotopic (exact) mass is 250 g/mol. The van der Waals surface area contributed by atoms with E-state index in [-0.39, 0.29) is 0 Å². The molecular weight excluding hydrogens is 236 g/mol. The Labute approximate surface area is 104 Å². The van der Waals surface area contributed by atoms with Crippen LogP contribution in [0.1, 0.15) is 11.1 Å². The molecule has 0 spiro atoms. The average Bonchev–Trinajstić information content (AvgIpc) is 2.75. The standard InChI is InChI=1S/C12H14N2S2/c1-9-2-3-11(10(8-9)4-5-13)16-12-14-6-7-15-12/h2-3,6-8H,4-5,13H2,1H3. The van der Waals surface area contributed by atoms with Gasteiger partial charge in [-0.3, -0.25) is 0 Å². The van der Waals surface area contributed by atoms with Crippen LogP contribution >= 0.6 is 23.1 Å². The molecule has 0 aliphatic carbocycles. The van der Waals surface area contributed by atoms with Crippen LogP contribution in [0.25, 0.3) is 0 Å². The van der Waals surface area contributed by atoms with Crippen molar-refractivity contribution in [3.63, 3.8) is 0 Å². The van der Waals surface area contributed by atoms with E-state index in [1.807, 2.05) is 11.6 Å². The van der Waals surface area contributed by atoms with Gasteiger partial charge in [-0.2, -0.15) is 0 Å². The molecule has 0 radical (unpaired) electrons. The lowest BCUT2D eigenvalue weighted by Gasteiger charge is -2.07. The molecule has 0 aliphatic rings. The van der Waals surface area contributed by atoms with Gasteiger partial charge in [0.15, 0.2) is 4.34 Å². The maximum absolute atomic E-state index is 5.63. The van der Waals surface area contributed by atoms with E-state index in [1.165, 1.54) is 16.0 Å². The molecule has 0 saturated heterocycles. The largest absolute Gasteiger partial charge is 0.330 e. The topological polar surface area (TPSA) is 38.9 Å². The van der Waals surface area contributed by atoms with Crippen molar-refractivity contribution in [2.45, 2.75) is 22.6 Å². The summed E-state index contributed by atoms with van der Waals surface area (Å²) in [6.45, 7) is 2.80. The minimum absolute atomic E-state index is 0.689. The summed E-state index contributed by atoms with van der Waals surface area (Å²) >= 11 is 3.39. The fourth-order valence-corrected chi connectivity index (χ4v) is 3.23. The van der Waals surface area contributed by atoms with E-state index in [2.05, 4.69) is 30.1 Å². The molecule has 0 fully saturated rings. The molecule has 0 bridgehead atoms. The number of thiazole rings is 1. The third kappa shape index (κ3) is 2.84. The molecular formula is C12H14N2S2. The molecule has 1 aromatic heterocycles. The third-order valence-corrected chi connectivity index (χ3v) is 4.24. The number of benzene rings is 1. The molecule has 0 aliphatic heterocycles. The van der Waals surface area contributed by atoms with E-state index in [1.54, 1.807) is 23.1 Å². The molecule has 2 rings (SSSR count). The first kappa shape index (κ1) is 11.6. The quantitative estimate of drug-likeness (QED) is 0.906. The molecule has 1 heterocycles. The molecule has 2 nitrogen and oxygen atoms in total. The maximum atomic E-state index is 5.63. The Morgan fingerprint density at radius 3 is 3.00 bits per heavy atom. The zero-order valence-corrected chi connectivity index (χ0v) is 10.8. The number of nitrogens with zero attached hydrogens (tertiary/aromatic N) is 1. The average molecular weight is 250 g/mol. The van der Waals surface area contributed by atoms with Gasteiger partial charge in [0.1, 0.15) is 0 Å². The second-order valence-corrected chi connectivity index (χ2v) is 5.73. The Bertz CT molecular complexity index is 452. The number of rotatable bonds is 4. The summed E-state index contributed by atoms with van der Waals surface area (Å²) in [5.74, 6) is 0. The van der Waals surface area contributed by atoms with Crippen LogP contribution < -0.4 is 5.73 Å². The summed E-state index contributed by atoms with van der Waals surface area (Å²) in [6.07, 6.45) is 2.76. The summed E-state index contributed by atoms with van der Waals surface area (Å²) in [4.78, 5) is 5.55. The summed E-state index contributed by atoms with van der Waals surface area (Å²) in [7, 11) is 0. The van der Waals surface area contributed by atoms with Crippen LogP contribution in [-0.4, -0.2) is 11.5 Å². The smallest absolute Gasteiger partial charge is 0.154 e. The first-order chi connectivity index (χ1) is 7.79. The van der Waals surface area contributed by atoms with E-state index >= 15 is 0 Å². The van der Waals surface area contributed by atoms with Crippen molar-refractivity contribution in [1.29, 1.82) is 0 Å². The maximum Gasteiger partial charge on any atom is 0.154 e. The van der Waals surface area contributed by atoms with Crippen LogP contribution in [0, 0.1) is 6.92 Å². The van der Waals surface area contributed by atoms with Gasteiger partial charge in [0.25, 0.3) is 0 Å². The minimum atomic E-state index is 0.689. The summed E-state index contributed by atoms with van der Waals surface area (Å²) in [6, 6.07) is 6.51. The Hall–Kier alpha value is -0.840. The molecule has 0 saturated carbocycles. The Kier molecular flexibility index (Phi) is 3.98. The highest BCUT2D eigenvalue weighted by Crippen LogP contribution is 2.32. The van der Waals surface area contributed by atoms with E-state index in [0.29, 0.717) is 6.54 Å². The van der Waals surface area contributed by atoms with Gasteiger partial charge in [0.2, 0.25) is 0 Å². The van der Waals surface area contributed by atoms with Crippen LogP contribution in [0.4, 0.5) is 0 Å². The molecule has 84 valence electrons. The molecule has 0 atom stereocenters. The second-order valence-electron chi connectivity index (χ2n) is 3.55. The third-order valence-electron chi connectivity index (χ3n) is 2.24. The molecule has 2 N–H and O–H groups in total. The van der Waals surface area contributed by atoms with E-state index in [9.17, 15) is 0 Å². The second kappa shape index (κ2) is 5.48. The van der Waals surface area contributed by atoms with Crippen molar-refractivity contribution in [1.82, 2.24) is 4.98 Å². The van der Waals surface area contributed by atoms with Gasteiger partial charge >= 0.3 is 0 Å². The lowest BCUT2D eigenvalue weighted by Crippen LogP contribution is -2.03. The van der Waals surface area contributed by atoms with Crippen LogP contribution in [0.5, 0.6) is 0 Å². The van der Waals surface area contributed by atoms with Gasteiger partial charge in [-0.05, 0) is 31.5 Å². The van der Waals surface area contributed by atoms with Crippen LogP contribution in [0.3, 0.4) is 0 Å². The molecule has 0 unspecified atom stereocenters.